The lowest BCUT2D eigenvalue weighted by molar-refractivity contribution is 0.189. The van der Waals surface area contributed by atoms with Gasteiger partial charge in [-0.15, -0.1) is 0 Å². The highest BCUT2D eigenvalue weighted by Crippen LogP contribution is 2.13. The van der Waals surface area contributed by atoms with Crippen LogP contribution in [0.2, 0.25) is 0 Å². The van der Waals surface area contributed by atoms with E-state index in [1.807, 2.05) is 6.07 Å². The number of nitrogens with zero attached hydrogens (tertiary/aromatic N) is 3. The Balaban J connectivity index is 2.16. The van der Waals surface area contributed by atoms with Gasteiger partial charge in [0, 0.05) is 32.4 Å². The van der Waals surface area contributed by atoms with E-state index in [1.165, 1.54) is 0 Å². The average molecular weight is 208 g/mol. The summed E-state index contributed by atoms with van der Waals surface area (Å²) in [5, 5.41) is 12.7. The van der Waals surface area contributed by atoms with Crippen LogP contribution in [-0.2, 0) is 0 Å². The van der Waals surface area contributed by atoms with Crippen LogP contribution in [0.25, 0.3) is 0 Å². The van der Waals surface area contributed by atoms with Gasteiger partial charge in [-0.25, -0.2) is 9.97 Å². The molecule has 1 atom stereocenters. The van der Waals surface area contributed by atoms with E-state index in [2.05, 4.69) is 20.2 Å². The third kappa shape index (κ3) is 2.43. The third-order valence-electron chi connectivity index (χ3n) is 2.47. The molecule has 2 heterocycles. The minimum atomic E-state index is -0.604. The summed E-state index contributed by atoms with van der Waals surface area (Å²) in [6, 6.07) is 1.89. The molecule has 1 aromatic rings. The maximum absolute atomic E-state index is 9.39. The summed E-state index contributed by atoms with van der Waals surface area (Å²) in [7, 11) is 0. The molecule has 0 bridgehead atoms. The maximum atomic E-state index is 9.39. The highest BCUT2D eigenvalue weighted by molar-refractivity contribution is 5.38. The molecule has 0 aliphatic carbocycles. The number of aliphatic hydroxyl groups is 1. The standard InChI is InChI=1S/C10H16N4O/c1-8(15)10-12-3-2-9(13-10)14-6-4-11-5-7-14/h2-3,8,11,15H,4-7H2,1H3/t8-/m1/s1. The van der Waals surface area contributed by atoms with Gasteiger partial charge in [0.15, 0.2) is 5.82 Å². The fourth-order valence-electron chi connectivity index (χ4n) is 1.64. The zero-order valence-electron chi connectivity index (χ0n) is 8.85. The molecule has 82 valence electrons. The zero-order chi connectivity index (χ0) is 10.7. The molecule has 5 nitrogen and oxygen atoms in total. The summed E-state index contributed by atoms with van der Waals surface area (Å²) in [6.07, 6.45) is 1.10. The molecule has 1 aromatic heterocycles. The molecule has 1 fully saturated rings. The Morgan fingerprint density at radius 2 is 2.20 bits per heavy atom. The first-order valence-electron chi connectivity index (χ1n) is 5.24. The third-order valence-corrected chi connectivity index (χ3v) is 2.47. The molecule has 0 saturated carbocycles. The average Bonchev–Trinajstić information content (AvgIpc) is 2.30. The fraction of sp³-hybridized carbons (Fsp3) is 0.600. The van der Waals surface area contributed by atoms with Gasteiger partial charge in [0.2, 0.25) is 0 Å². The monoisotopic (exact) mass is 208 g/mol. The van der Waals surface area contributed by atoms with Gasteiger partial charge in [0.1, 0.15) is 11.9 Å². The smallest absolute Gasteiger partial charge is 0.158 e. The Labute approximate surface area is 89.2 Å². The molecule has 1 saturated heterocycles. The van der Waals surface area contributed by atoms with Crippen molar-refractivity contribution in [2.75, 3.05) is 31.1 Å². The van der Waals surface area contributed by atoms with Gasteiger partial charge in [0.05, 0.1) is 0 Å². The van der Waals surface area contributed by atoms with Crippen LogP contribution in [0, 0.1) is 0 Å². The number of nitrogens with one attached hydrogen (secondary N) is 1. The van der Waals surface area contributed by atoms with Crippen molar-refractivity contribution in [3.05, 3.63) is 18.1 Å². The van der Waals surface area contributed by atoms with Crippen LogP contribution in [0.4, 0.5) is 5.82 Å². The summed E-state index contributed by atoms with van der Waals surface area (Å²) >= 11 is 0. The fourth-order valence-corrected chi connectivity index (χ4v) is 1.64. The van der Waals surface area contributed by atoms with E-state index in [9.17, 15) is 5.11 Å². The first-order valence-corrected chi connectivity index (χ1v) is 5.24. The molecule has 0 amide bonds. The van der Waals surface area contributed by atoms with Crippen molar-refractivity contribution in [3.8, 4) is 0 Å². The molecule has 2 rings (SSSR count). The maximum Gasteiger partial charge on any atom is 0.158 e. The summed E-state index contributed by atoms with van der Waals surface area (Å²) < 4.78 is 0. The van der Waals surface area contributed by atoms with E-state index < -0.39 is 6.10 Å². The molecule has 1 aliphatic rings. The molecule has 0 aromatic carbocycles. The van der Waals surface area contributed by atoms with Crippen LogP contribution in [-0.4, -0.2) is 41.3 Å². The molecular formula is C10H16N4O. The molecule has 2 N–H and O–H groups in total. The van der Waals surface area contributed by atoms with Crippen molar-refractivity contribution in [2.45, 2.75) is 13.0 Å². The van der Waals surface area contributed by atoms with Gasteiger partial charge >= 0.3 is 0 Å². The topological polar surface area (TPSA) is 61.3 Å². The first kappa shape index (κ1) is 10.3. The van der Waals surface area contributed by atoms with Crippen molar-refractivity contribution in [2.24, 2.45) is 0 Å². The van der Waals surface area contributed by atoms with Crippen molar-refractivity contribution in [1.82, 2.24) is 15.3 Å². The summed E-state index contributed by atoms with van der Waals surface area (Å²) in [5.74, 6) is 1.40. The molecule has 0 unspecified atom stereocenters. The van der Waals surface area contributed by atoms with E-state index in [1.54, 1.807) is 13.1 Å². The van der Waals surface area contributed by atoms with Crippen molar-refractivity contribution < 1.29 is 5.11 Å². The predicted octanol–water partition coefficient (Wildman–Crippen LogP) is -0.0605. The van der Waals surface area contributed by atoms with Crippen LogP contribution in [0.1, 0.15) is 18.9 Å². The van der Waals surface area contributed by atoms with E-state index in [0.29, 0.717) is 5.82 Å². The van der Waals surface area contributed by atoms with E-state index in [4.69, 9.17) is 0 Å². The van der Waals surface area contributed by atoms with Gasteiger partial charge in [-0.05, 0) is 13.0 Å². The summed E-state index contributed by atoms with van der Waals surface area (Å²) in [5.41, 5.74) is 0. The number of rotatable bonds is 2. The van der Waals surface area contributed by atoms with Crippen molar-refractivity contribution in [1.29, 1.82) is 0 Å². The van der Waals surface area contributed by atoms with E-state index in [-0.39, 0.29) is 0 Å². The van der Waals surface area contributed by atoms with E-state index >= 15 is 0 Å². The highest BCUT2D eigenvalue weighted by Gasteiger charge is 2.13. The van der Waals surface area contributed by atoms with Crippen LogP contribution in [0.3, 0.4) is 0 Å². The first-order chi connectivity index (χ1) is 7.27. The second kappa shape index (κ2) is 4.55. The van der Waals surface area contributed by atoms with Gasteiger partial charge in [-0.1, -0.05) is 0 Å². The van der Waals surface area contributed by atoms with Gasteiger partial charge < -0.3 is 15.3 Å². The van der Waals surface area contributed by atoms with E-state index in [0.717, 1.165) is 32.0 Å². The normalized spacial score (nSPS) is 18.9. The Morgan fingerprint density at radius 1 is 1.47 bits per heavy atom. The van der Waals surface area contributed by atoms with Crippen LogP contribution < -0.4 is 10.2 Å². The molecule has 0 radical (unpaired) electrons. The van der Waals surface area contributed by atoms with Gasteiger partial charge in [0.25, 0.3) is 0 Å². The molecule has 0 spiro atoms. The molecule has 15 heavy (non-hydrogen) atoms. The number of hydrogen-bond donors (Lipinski definition) is 2. The largest absolute Gasteiger partial charge is 0.385 e. The zero-order valence-corrected chi connectivity index (χ0v) is 8.85. The minimum absolute atomic E-state index is 0.492. The lowest BCUT2D eigenvalue weighted by Crippen LogP contribution is -2.44. The van der Waals surface area contributed by atoms with Crippen LogP contribution >= 0.6 is 0 Å². The number of hydrogen-bond acceptors (Lipinski definition) is 5. The van der Waals surface area contributed by atoms with Gasteiger partial charge in [-0.2, -0.15) is 0 Å². The molecular weight excluding hydrogens is 192 g/mol. The Bertz CT molecular complexity index is 323. The number of anilines is 1. The molecule has 5 heteroatoms. The SMILES string of the molecule is C[C@@H](O)c1nccc(N2CCNCC2)n1. The van der Waals surface area contributed by atoms with Crippen molar-refractivity contribution in [3.63, 3.8) is 0 Å². The van der Waals surface area contributed by atoms with Crippen LogP contribution in [0.5, 0.6) is 0 Å². The minimum Gasteiger partial charge on any atom is -0.385 e. The second-order valence-electron chi connectivity index (χ2n) is 3.69. The predicted molar refractivity (Wildman–Crippen MR) is 57.7 cm³/mol. The van der Waals surface area contributed by atoms with Crippen molar-refractivity contribution >= 4 is 5.82 Å². The number of aliphatic hydroxyl groups excluding tert-OH is 1. The summed E-state index contributed by atoms with van der Waals surface area (Å²) in [6.45, 7) is 5.55. The Kier molecular flexibility index (Phi) is 3.13. The van der Waals surface area contributed by atoms with Crippen LogP contribution in [0.15, 0.2) is 12.3 Å². The Morgan fingerprint density at radius 3 is 2.87 bits per heavy atom. The lowest BCUT2D eigenvalue weighted by atomic mass is 10.3. The second-order valence-corrected chi connectivity index (χ2v) is 3.69. The highest BCUT2D eigenvalue weighted by atomic mass is 16.3. The summed E-state index contributed by atoms with van der Waals surface area (Å²) in [4.78, 5) is 10.6. The number of piperazine rings is 1. The quantitative estimate of drug-likeness (QED) is 0.713. The Hall–Kier alpha value is -1.20. The van der Waals surface area contributed by atoms with Gasteiger partial charge in [-0.3, -0.25) is 0 Å². The number of aromatic nitrogens is 2. The lowest BCUT2D eigenvalue weighted by Gasteiger charge is -2.28. The molecule has 1 aliphatic heterocycles.